The van der Waals surface area contributed by atoms with E-state index in [0.29, 0.717) is 17.9 Å². The molecule has 0 aliphatic heterocycles. The Labute approximate surface area is 241 Å². The molecule has 4 aromatic rings. The molecule has 9 heteroatoms. The first-order chi connectivity index (χ1) is 20.2. The van der Waals surface area contributed by atoms with Gasteiger partial charge in [-0.3, -0.25) is 4.79 Å². The number of carbonyl (C=O) groups excluding carboxylic acids is 1. The number of fused-ring (bicyclic) bond motifs is 1. The summed E-state index contributed by atoms with van der Waals surface area (Å²) in [7, 11) is 0. The van der Waals surface area contributed by atoms with Crippen LogP contribution in [0.4, 0.5) is 0 Å². The number of carboxylic acids is 3. The van der Waals surface area contributed by atoms with Gasteiger partial charge in [-0.25, -0.2) is 14.4 Å². The van der Waals surface area contributed by atoms with Crippen LogP contribution in [0.2, 0.25) is 0 Å². The van der Waals surface area contributed by atoms with E-state index in [4.69, 9.17) is 4.74 Å². The molecule has 0 heterocycles. The minimum Gasteiger partial charge on any atom is -0.478 e. The van der Waals surface area contributed by atoms with Crippen molar-refractivity contribution >= 4 is 23.8 Å². The highest BCUT2D eigenvalue weighted by molar-refractivity contribution is 6.10. The Bertz CT molecular complexity index is 1660. The predicted molar refractivity (Wildman–Crippen MR) is 152 cm³/mol. The zero-order valence-electron chi connectivity index (χ0n) is 22.4. The largest absolute Gasteiger partial charge is 0.478 e. The van der Waals surface area contributed by atoms with Crippen LogP contribution < -0.4 is 4.74 Å². The zero-order valence-corrected chi connectivity index (χ0v) is 22.4. The minimum absolute atomic E-state index is 0.0889. The highest BCUT2D eigenvalue weighted by atomic mass is 16.5. The summed E-state index contributed by atoms with van der Waals surface area (Å²) >= 11 is 0. The average molecular weight is 566 g/mol. The minimum atomic E-state index is -1.61. The Balaban J connectivity index is 1.56. The molecular formula is C33H27NO8. The maximum atomic E-state index is 14.2. The highest BCUT2D eigenvalue weighted by Crippen LogP contribution is 2.37. The summed E-state index contributed by atoms with van der Waals surface area (Å²) in [6.45, 7) is 0.0889. The van der Waals surface area contributed by atoms with Gasteiger partial charge in [0.15, 0.2) is 0 Å². The summed E-state index contributed by atoms with van der Waals surface area (Å²) in [6, 6.07) is 25.3. The second-order valence-corrected chi connectivity index (χ2v) is 9.96. The van der Waals surface area contributed by atoms with Gasteiger partial charge in [0.25, 0.3) is 5.91 Å². The molecule has 212 valence electrons. The molecule has 42 heavy (non-hydrogen) atoms. The van der Waals surface area contributed by atoms with Crippen molar-refractivity contribution < 1.29 is 39.2 Å². The SMILES string of the molecule is O=C(O)c1cc(C(=O)O)c(C(=O)N(Cc2ccc(Oc3ccccc3)cc2)C2CCCc3ccccc32)cc1C(=O)O. The van der Waals surface area contributed by atoms with Gasteiger partial charge in [0, 0.05) is 6.54 Å². The number of rotatable bonds is 9. The highest BCUT2D eigenvalue weighted by Gasteiger charge is 2.33. The quantitative estimate of drug-likeness (QED) is 0.215. The molecule has 5 rings (SSSR count). The van der Waals surface area contributed by atoms with Crippen molar-refractivity contribution in [3.63, 3.8) is 0 Å². The van der Waals surface area contributed by atoms with Gasteiger partial charge < -0.3 is 25.0 Å². The van der Waals surface area contributed by atoms with Crippen molar-refractivity contribution in [1.29, 1.82) is 0 Å². The molecule has 0 saturated heterocycles. The van der Waals surface area contributed by atoms with Crippen molar-refractivity contribution in [2.75, 3.05) is 0 Å². The second-order valence-electron chi connectivity index (χ2n) is 9.96. The summed E-state index contributed by atoms with van der Waals surface area (Å²) in [6.07, 6.45) is 2.23. The number of para-hydroxylation sites is 1. The summed E-state index contributed by atoms with van der Waals surface area (Å²) in [5.74, 6) is -4.18. The van der Waals surface area contributed by atoms with E-state index >= 15 is 0 Å². The zero-order chi connectivity index (χ0) is 29.8. The maximum absolute atomic E-state index is 14.2. The van der Waals surface area contributed by atoms with Gasteiger partial charge >= 0.3 is 17.9 Å². The number of aromatic carboxylic acids is 3. The number of carboxylic acid groups (broad SMARTS) is 3. The standard InChI is InChI=1S/C33H27NO8/c35-30(25-17-27(32(38)39)28(33(40)41)18-26(25)31(36)37)34(29-12-6-8-21-7-4-5-11-24(21)29)19-20-13-15-23(16-14-20)42-22-9-2-1-3-10-22/h1-5,7,9-11,13-18,29H,6,8,12,19H2,(H,36,37)(H,38,39)(H,40,41). The van der Waals surface area contributed by atoms with Crippen LogP contribution in [-0.2, 0) is 13.0 Å². The molecule has 1 unspecified atom stereocenters. The van der Waals surface area contributed by atoms with E-state index in [1.54, 1.807) is 17.0 Å². The Hall–Kier alpha value is -5.44. The summed E-state index contributed by atoms with van der Waals surface area (Å²) < 4.78 is 5.88. The number of hydrogen-bond donors (Lipinski definition) is 3. The fraction of sp³-hybridized carbons (Fsp3) is 0.152. The molecule has 1 atom stereocenters. The third-order valence-electron chi connectivity index (χ3n) is 7.31. The molecule has 0 radical (unpaired) electrons. The number of ether oxygens (including phenoxy) is 1. The van der Waals surface area contributed by atoms with Gasteiger partial charge in [-0.1, -0.05) is 54.6 Å². The van der Waals surface area contributed by atoms with E-state index < -0.39 is 52.1 Å². The molecule has 0 spiro atoms. The number of amides is 1. The third kappa shape index (κ3) is 5.85. The lowest BCUT2D eigenvalue weighted by atomic mass is 9.86. The van der Waals surface area contributed by atoms with Crippen molar-refractivity contribution in [2.45, 2.75) is 31.8 Å². The summed E-state index contributed by atoms with van der Waals surface area (Å²) in [4.78, 5) is 51.6. The van der Waals surface area contributed by atoms with Crippen molar-refractivity contribution in [3.8, 4) is 11.5 Å². The Morgan fingerprint density at radius 1 is 0.690 bits per heavy atom. The lowest BCUT2D eigenvalue weighted by Crippen LogP contribution is -2.37. The van der Waals surface area contributed by atoms with Gasteiger partial charge in [-0.05, 0) is 72.4 Å². The third-order valence-corrected chi connectivity index (χ3v) is 7.31. The fourth-order valence-corrected chi connectivity index (χ4v) is 5.32. The van der Waals surface area contributed by atoms with Crippen LogP contribution in [0.1, 0.15) is 77.0 Å². The number of nitrogens with zero attached hydrogens (tertiary/aromatic N) is 1. The topological polar surface area (TPSA) is 141 Å². The molecule has 0 bridgehead atoms. The van der Waals surface area contributed by atoms with Gasteiger partial charge in [0.05, 0.1) is 28.3 Å². The molecule has 9 nitrogen and oxygen atoms in total. The van der Waals surface area contributed by atoms with Crippen LogP contribution in [0, 0.1) is 0 Å². The first kappa shape index (κ1) is 28.1. The van der Waals surface area contributed by atoms with Crippen molar-refractivity contribution in [3.05, 3.63) is 130 Å². The normalized spacial score (nSPS) is 14.0. The summed E-state index contributed by atoms with van der Waals surface area (Å²) in [5.41, 5.74) is 0.398. The molecule has 0 fully saturated rings. The fourth-order valence-electron chi connectivity index (χ4n) is 5.32. The first-order valence-electron chi connectivity index (χ1n) is 13.3. The molecule has 4 aromatic carbocycles. The van der Waals surface area contributed by atoms with Crippen molar-refractivity contribution in [2.24, 2.45) is 0 Å². The van der Waals surface area contributed by atoms with Crippen LogP contribution >= 0.6 is 0 Å². The molecule has 3 N–H and O–H groups in total. The number of benzene rings is 4. The first-order valence-corrected chi connectivity index (χ1v) is 13.3. The summed E-state index contributed by atoms with van der Waals surface area (Å²) in [5, 5.41) is 29.1. The van der Waals surface area contributed by atoms with E-state index in [0.717, 1.165) is 41.7 Å². The van der Waals surface area contributed by atoms with E-state index in [1.165, 1.54) is 0 Å². The van der Waals surface area contributed by atoms with Crippen LogP contribution in [0.25, 0.3) is 0 Å². The van der Waals surface area contributed by atoms with Crippen LogP contribution in [-0.4, -0.2) is 44.0 Å². The van der Waals surface area contributed by atoms with Crippen LogP contribution in [0.15, 0.2) is 91.0 Å². The Kier molecular flexibility index (Phi) is 8.01. The molecule has 0 aromatic heterocycles. The molecule has 0 saturated carbocycles. The number of aryl methyl sites for hydroxylation is 1. The monoisotopic (exact) mass is 565 g/mol. The van der Waals surface area contributed by atoms with E-state index in [-0.39, 0.29) is 6.54 Å². The van der Waals surface area contributed by atoms with Crippen LogP contribution in [0.3, 0.4) is 0 Å². The van der Waals surface area contributed by atoms with E-state index in [2.05, 4.69) is 0 Å². The molecule has 1 amide bonds. The molecular weight excluding hydrogens is 538 g/mol. The van der Waals surface area contributed by atoms with E-state index in [1.807, 2.05) is 66.7 Å². The maximum Gasteiger partial charge on any atom is 0.336 e. The van der Waals surface area contributed by atoms with Gasteiger partial charge in [0.1, 0.15) is 11.5 Å². The lowest BCUT2D eigenvalue weighted by Gasteiger charge is -2.36. The second kappa shape index (κ2) is 12.0. The van der Waals surface area contributed by atoms with Gasteiger partial charge in [-0.15, -0.1) is 0 Å². The number of hydrogen-bond acceptors (Lipinski definition) is 5. The average Bonchev–Trinajstić information content (AvgIpc) is 3.00. The van der Waals surface area contributed by atoms with Gasteiger partial charge in [-0.2, -0.15) is 0 Å². The molecule has 1 aliphatic rings. The van der Waals surface area contributed by atoms with Gasteiger partial charge in [0.2, 0.25) is 0 Å². The smallest absolute Gasteiger partial charge is 0.336 e. The van der Waals surface area contributed by atoms with Crippen LogP contribution in [0.5, 0.6) is 11.5 Å². The van der Waals surface area contributed by atoms with Crippen molar-refractivity contribution in [1.82, 2.24) is 4.90 Å². The Morgan fingerprint density at radius 2 is 1.24 bits per heavy atom. The Morgan fingerprint density at radius 3 is 1.88 bits per heavy atom. The van der Waals surface area contributed by atoms with E-state index in [9.17, 15) is 34.5 Å². The lowest BCUT2D eigenvalue weighted by molar-refractivity contribution is 0.0611. The number of carbonyl (C=O) groups is 4. The predicted octanol–water partition coefficient (Wildman–Crippen LogP) is 6.29. The molecule has 1 aliphatic carbocycles.